The molecule has 174 valence electrons. The van der Waals surface area contributed by atoms with E-state index in [0.717, 1.165) is 27.7 Å². The van der Waals surface area contributed by atoms with Crippen LogP contribution in [0.5, 0.6) is 0 Å². The summed E-state index contributed by atoms with van der Waals surface area (Å²) in [5, 5.41) is 7.03. The van der Waals surface area contributed by atoms with E-state index in [0.29, 0.717) is 12.1 Å². The first-order valence-corrected chi connectivity index (χ1v) is 11.5. The molecule has 34 heavy (non-hydrogen) atoms. The van der Waals surface area contributed by atoms with Crippen LogP contribution in [0.4, 0.5) is 5.69 Å². The van der Waals surface area contributed by atoms with Crippen molar-refractivity contribution in [3.63, 3.8) is 0 Å². The molecule has 1 heterocycles. The molecule has 2 amide bonds. The van der Waals surface area contributed by atoms with Crippen molar-refractivity contribution in [1.82, 2.24) is 15.6 Å². The fourth-order valence-electron chi connectivity index (χ4n) is 4.08. The molecule has 1 aromatic heterocycles. The minimum absolute atomic E-state index is 0.00442. The van der Waals surface area contributed by atoms with E-state index >= 15 is 0 Å². The summed E-state index contributed by atoms with van der Waals surface area (Å²) in [5.41, 5.74) is 5.06. The molecule has 1 atom stereocenters. The zero-order valence-corrected chi connectivity index (χ0v) is 19.5. The third-order valence-corrected chi connectivity index (χ3v) is 5.99. The molecule has 1 unspecified atom stereocenters. The fourth-order valence-corrected chi connectivity index (χ4v) is 4.08. The first-order valence-electron chi connectivity index (χ1n) is 11.5. The Morgan fingerprint density at radius 3 is 2.32 bits per heavy atom. The topological polar surface area (TPSA) is 77.2 Å². The Hall–Kier alpha value is -4.06. The van der Waals surface area contributed by atoms with Crippen LogP contribution in [-0.2, 0) is 4.79 Å². The molecule has 4 aromatic rings. The number of amides is 2. The Bertz CT molecular complexity index is 1250. The third-order valence-electron chi connectivity index (χ3n) is 5.99. The van der Waals surface area contributed by atoms with Crippen LogP contribution < -0.4 is 15.5 Å². The summed E-state index contributed by atoms with van der Waals surface area (Å²) >= 11 is 0. The van der Waals surface area contributed by atoms with Gasteiger partial charge in [0.1, 0.15) is 0 Å². The van der Waals surface area contributed by atoms with E-state index in [1.807, 2.05) is 50.6 Å². The van der Waals surface area contributed by atoms with Gasteiger partial charge in [-0.05, 0) is 41.5 Å². The van der Waals surface area contributed by atoms with Gasteiger partial charge in [-0.3, -0.25) is 9.59 Å². The maximum Gasteiger partial charge on any atom is 0.251 e. The molecule has 0 fully saturated rings. The van der Waals surface area contributed by atoms with Gasteiger partial charge in [0, 0.05) is 67.9 Å². The standard InChI is InChI=1S/C28H30N4O2/c1-32(2)22-14-12-20(13-15-22)24(25-19-30-26-11-7-6-10-23(25)26)18-31-27(33)16-17-29-28(34)21-8-4-3-5-9-21/h3-15,19,24,30H,16-18H2,1-2H3,(H,29,34)(H,31,33). The van der Waals surface area contributed by atoms with E-state index in [-0.39, 0.29) is 30.7 Å². The lowest BCUT2D eigenvalue weighted by atomic mass is 9.90. The van der Waals surface area contributed by atoms with Gasteiger partial charge in [0.15, 0.2) is 0 Å². The maximum absolute atomic E-state index is 12.6. The van der Waals surface area contributed by atoms with Crippen molar-refractivity contribution in [3.8, 4) is 0 Å². The molecular formula is C28H30N4O2. The molecule has 0 aliphatic carbocycles. The molecule has 0 bridgehead atoms. The van der Waals surface area contributed by atoms with E-state index in [1.54, 1.807) is 12.1 Å². The highest BCUT2D eigenvalue weighted by atomic mass is 16.2. The average molecular weight is 455 g/mol. The van der Waals surface area contributed by atoms with Crippen molar-refractivity contribution in [1.29, 1.82) is 0 Å². The number of anilines is 1. The minimum atomic E-state index is -0.175. The Balaban J connectivity index is 1.43. The van der Waals surface area contributed by atoms with Crippen molar-refractivity contribution in [2.75, 3.05) is 32.1 Å². The monoisotopic (exact) mass is 454 g/mol. The van der Waals surface area contributed by atoms with Gasteiger partial charge in [0.25, 0.3) is 5.91 Å². The predicted octanol–water partition coefficient (Wildman–Crippen LogP) is 4.30. The lowest BCUT2D eigenvalue weighted by molar-refractivity contribution is -0.120. The molecule has 0 aliphatic heterocycles. The van der Waals surface area contributed by atoms with Gasteiger partial charge >= 0.3 is 0 Å². The highest BCUT2D eigenvalue weighted by Gasteiger charge is 2.19. The van der Waals surface area contributed by atoms with E-state index in [4.69, 9.17) is 0 Å². The van der Waals surface area contributed by atoms with Crippen molar-refractivity contribution in [2.45, 2.75) is 12.3 Å². The molecule has 0 radical (unpaired) electrons. The smallest absolute Gasteiger partial charge is 0.251 e. The number of aromatic amines is 1. The van der Waals surface area contributed by atoms with Crippen LogP contribution in [0.1, 0.15) is 33.8 Å². The number of hydrogen-bond donors (Lipinski definition) is 3. The summed E-state index contributed by atoms with van der Waals surface area (Å²) in [4.78, 5) is 30.2. The lowest BCUT2D eigenvalue weighted by Crippen LogP contribution is -2.33. The first kappa shape index (κ1) is 23.1. The molecule has 3 N–H and O–H groups in total. The summed E-state index contributed by atoms with van der Waals surface area (Å²) < 4.78 is 0. The van der Waals surface area contributed by atoms with Gasteiger partial charge in [-0.25, -0.2) is 0 Å². The Labute approximate surface area is 200 Å². The number of carbonyl (C=O) groups excluding carboxylic acids is 2. The second-order valence-electron chi connectivity index (χ2n) is 8.50. The zero-order valence-electron chi connectivity index (χ0n) is 19.5. The number of para-hydroxylation sites is 1. The van der Waals surface area contributed by atoms with Crippen LogP contribution >= 0.6 is 0 Å². The minimum Gasteiger partial charge on any atom is -0.378 e. The van der Waals surface area contributed by atoms with Gasteiger partial charge < -0.3 is 20.5 Å². The summed E-state index contributed by atoms with van der Waals surface area (Å²) in [7, 11) is 4.03. The van der Waals surface area contributed by atoms with Crippen molar-refractivity contribution in [3.05, 3.63) is 102 Å². The van der Waals surface area contributed by atoms with Crippen LogP contribution in [0.25, 0.3) is 10.9 Å². The van der Waals surface area contributed by atoms with Crippen molar-refractivity contribution in [2.24, 2.45) is 0 Å². The third kappa shape index (κ3) is 5.46. The molecule has 0 aliphatic rings. The summed E-state index contributed by atoms with van der Waals surface area (Å²) in [6, 6.07) is 25.6. The largest absolute Gasteiger partial charge is 0.378 e. The number of benzene rings is 3. The highest BCUT2D eigenvalue weighted by Crippen LogP contribution is 2.31. The number of aromatic nitrogens is 1. The summed E-state index contributed by atoms with van der Waals surface area (Å²) in [6.07, 6.45) is 2.25. The molecule has 0 saturated heterocycles. The Kier molecular flexibility index (Phi) is 7.28. The lowest BCUT2D eigenvalue weighted by Gasteiger charge is -2.20. The van der Waals surface area contributed by atoms with Gasteiger partial charge in [-0.15, -0.1) is 0 Å². The van der Waals surface area contributed by atoms with E-state index in [2.05, 4.69) is 56.9 Å². The number of H-pyrrole nitrogens is 1. The predicted molar refractivity (Wildman–Crippen MR) is 137 cm³/mol. The van der Waals surface area contributed by atoms with Crippen LogP contribution in [0.3, 0.4) is 0 Å². The van der Waals surface area contributed by atoms with Crippen molar-refractivity contribution < 1.29 is 9.59 Å². The molecule has 4 rings (SSSR count). The van der Waals surface area contributed by atoms with E-state index < -0.39 is 0 Å². The summed E-state index contributed by atoms with van der Waals surface area (Å²) in [6.45, 7) is 0.753. The molecule has 0 spiro atoms. The quantitative estimate of drug-likeness (QED) is 0.353. The van der Waals surface area contributed by atoms with Crippen LogP contribution in [0.2, 0.25) is 0 Å². The fraction of sp³-hybridized carbons (Fsp3) is 0.214. The number of rotatable bonds is 9. The van der Waals surface area contributed by atoms with Gasteiger partial charge in [0.2, 0.25) is 5.91 Å². The van der Waals surface area contributed by atoms with Crippen LogP contribution in [0.15, 0.2) is 85.1 Å². The molecule has 6 nitrogen and oxygen atoms in total. The van der Waals surface area contributed by atoms with Gasteiger partial charge in [-0.2, -0.15) is 0 Å². The number of fused-ring (bicyclic) bond motifs is 1. The summed E-state index contributed by atoms with van der Waals surface area (Å²) in [5.74, 6) is -0.274. The SMILES string of the molecule is CN(C)c1ccc(C(CNC(=O)CCNC(=O)c2ccccc2)c2c[nH]c3ccccc23)cc1. The normalized spacial score (nSPS) is 11.7. The van der Waals surface area contributed by atoms with E-state index in [9.17, 15) is 9.59 Å². The first-order chi connectivity index (χ1) is 16.5. The number of carbonyl (C=O) groups is 2. The average Bonchev–Trinajstić information content (AvgIpc) is 3.29. The highest BCUT2D eigenvalue weighted by molar-refractivity contribution is 5.94. The Morgan fingerprint density at radius 1 is 0.882 bits per heavy atom. The molecule has 3 aromatic carbocycles. The van der Waals surface area contributed by atoms with Crippen LogP contribution in [0, 0.1) is 0 Å². The second-order valence-corrected chi connectivity index (χ2v) is 8.50. The molecule has 0 saturated carbocycles. The van der Waals surface area contributed by atoms with Crippen molar-refractivity contribution >= 4 is 28.4 Å². The van der Waals surface area contributed by atoms with Crippen LogP contribution in [-0.4, -0.2) is 44.0 Å². The second kappa shape index (κ2) is 10.7. The number of nitrogens with zero attached hydrogens (tertiary/aromatic N) is 1. The number of hydrogen-bond acceptors (Lipinski definition) is 3. The molecular weight excluding hydrogens is 424 g/mol. The number of nitrogens with one attached hydrogen (secondary N) is 3. The maximum atomic E-state index is 12.6. The van der Waals surface area contributed by atoms with Gasteiger partial charge in [-0.1, -0.05) is 48.5 Å². The Morgan fingerprint density at radius 2 is 1.59 bits per heavy atom. The molecule has 6 heteroatoms. The zero-order chi connectivity index (χ0) is 23.9. The van der Waals surface area contributed by atoms with E-state index in [1.165, 1.54) is 0 Å². The van der Waals surface area contributed by atoms with Gasteiger partial charge in [0.05, 0.1) is 0 Å².